The van der Waals surface area contributed by atoms with Crippen molar-refractivity contribution in [2.24, 2.45) is 0 Å². The van der Waals surface area contributed by atoms with Crippen LogP contribution in [0.3, 0.4) is 0 Å². The molecule has 0 saturated heterocycles. The minimum atomic E-state index is 0.599. The highest BCUT2D eigenvalue weighted by atomic mass is 16.5. The lowest BCUT2D eigenvalue weighted by atomic mass is 9.92. The van der Waals surface area contributed by atoms with E-state index in [0.717, 1.165) is 25.3 Å². The van der Waals surface area contributed by atoms with Gasteiger partial charge in [-0.25, -0.2) is 0 Å². The van der Waals surface area contributed by atoms with Crippen LogP contribution >= 0.6 is 0 Å². The molecule has 0 saturated carbocycles. The van der Waals surface area contributed by atoms with Crippen LogP contribution in [-0.4, -0.2) is 19.2 Å². The number of hydrogen-bond donors (Lipinski definition) is 1. The fourth-order valence-corrected chi connectivity index (χ4v) is 2.78. The molecule has 0 spiro atoms. The highest BCUT2D eigenvalue weighted by Crippen LogP contribution is 2.25. The summed E-state index contributed by atoms with van der Waals surface area (Å²) in [5, 5.41) is 3.45. The first-order chi connectivity index (χ1) is 9.75. The zero-order chi connectivity index (χ0) is 14.2. The van der Waals surface area contributed by atoms with E-state index in [0.29, 0.717) is 6.04 Å². The zero-order valence-electron chi connectivity index (χ0n) is 13.1. The highest BCUT2D eigenvalue weighted by Gasteiger charge is 2.09. The average molecular weight is 275 g/mol. The molecule has 1 aliphatic carbocycles. The number of aryl methyl sites for hydroxylation is 2. The third-order valence-corrected chi connectivity index (χ3v) is 3.96. The summed E-state index contributed by atoms with van der Waals surface area (Å²) in [6.45, 7) is 6.36. The first kappa shape index (κ1) is 15.4. The number of fused-ring (bicyclic) bond motifs is 1. The van der Waals surface area contributed by atoms with Crippen molar-refractivity contribution in [3.63, 3.8) is 0 Å². The molecule has 0 bridgehead atoms. The number of ether oxygens (including phenoxy) is 1. The molecule has 0 fully saturated rings. The van der Waals surface area contributed by atoms with Crippen molar-refractivity contribution in [1.82, 2.24) is 5.32 Å². The smallest absolute Gasteiger partial charge is 0.119 e. The molecule has 2 nitrogen and oxygen atoms in total. The Labute approximate surface area is 123 Å². The van der Waals surface area contributed by atoms with Crippen LogP contribution in [0.2, 0.25) is 0 Å². The lowest BCUT2D eigenvalue weighted by molar-refractivity contribution is 0.304. The molecular weight excluding hydrogens is 246 g/mol. The summed E-state index contributed by atoms with van der Waals surface area (Å²) in [7, 11) is 0. The van der Waals surface area contributed by atoms with Crippen LogP contribution in [0.4, 0.5) is 0 Å². The monoisotopic (exact) mass is 275 g/mol. The van der Waals surface area contributed by atoms with Gasteiger partial charge >= 0.3 is 0 Å². The van der Waals surface area contributed by atoms with Crippen LogP contribution in [0.5, 0.6) is 5.75 Å². The molecule has 2 rings (SSSR count). The van der Waals surface area contributed by atoms with Gasteiger partial charge in [0.1, 0.15) is 5.75 Å². The molecule has 0 radical (unpaired) electrons. The van der Waals surface area contributed by atoms with Crippen molar-refractivity contribution in [2.45, 2.75) is 64.8 Å². The molecule has 0 atom stereocenters. The van der Waals surface area contributed by atoms with Gasteiger partial charge in [-0.2, -0.15) is 0 Å². The molecule has 1 aromatic carbocycles. The minimum Gasteiger partial charge on any atom is -0.494 e. The van der Waals surface area contributed by atoms with Gasteiger partial charge in [0.2, 0.25) is 0 Å². The van der Waals surface area contributed by atoms with Gasteiger partial charge in [0.05, 0.1) is 6.61 Å². The topological polar surface area (TPSA) is 21.3 Å². The Morgan fingerprint density at radius 2 is 1.85 bits per heavy atom. The van der Waals surface area contributed by atoms with E-state index in [1.807, 2.05) is 0 Å². The van der Waals surface area contributed by atoms with E-state index in [-0.39, 0.29) is 0 Å². The lowest BCUT2D eigenvalue weighted by Crippen LogP contribution is -2.23. The summed E-state index contributed by atoms with van der Waals surface area (Å²) in [5.74, 6) is 1.06. The summed E-state index contributed by atoms with van der Waals surface area (Å²) in [6, 6.07) is 7.26. The van der Waals surface area contributed by atoms with Gasteiger partial charge in [0.25, 0.3) is 0 Å². The molecule has 0 heterocycles. The first-order valence-electron chi connectivity index (χ1n) is 8.23. The Morgan fingerprint density at radius 3 is 2.65 bits per heavy atom. The van der Waals surface area contributed by atoms with Crippen molar-refractivity contribution in [3.8, 4) is 5.75 Å². The Bertz CT molecular complexity index is 400. The average Bonchev–Trinajstić information content (AvgIpc) is 2.46. The second-order valence-corrected chi connectivity index (χ2v) is 6.16. The second kappa shape index (κ2) is 8.31. The van der Waals surface area contributed by atoms with Gasteiger partial charge in [-0.1, -0.05) is 19.9 Å². The number of hydrogen-bond acceptors (Lipinski definition) is 2. The van der Waals surface area contributed by atoms with Crippen LogP contribution in [0, 0.1) is 0 Å². The lowest BCUT2D eigenvalue weighted by Gasteiger charge is -2.16. The summed E-state index contributed by atoms with van der Waals surface area (Å²) < 4.78 is 5.88. The van der Waals surface area contributed by atoms with Gasteiger partial charge in [-0.15, -0.1) is 0 Å². The van der Waals surface area contributed by atoms with Gasteiger partial charge < -0.3 is 10.1 Å². The van der Waals surface area contributed by atoms with Gasteiger partial charge in [-0.05, 0) is 74.8 Å². The van der Waals surface area contributed by atoms with Crippen molar-refractivity contribution < 1.29 is 4.74 Å². The van der Waals surface area contributed by atoms with E-state index in [1.165, 1.54) is 49.7 Å². The molecule has 2 heteroatoms. The largest absolute Gasteiger partial charge is 0.494 e. The molecule has 1 N–H and O–H groups in total. The molecule has 1 aliphatic rings. The molecule has 1 aromatic rings. The van der Waals surface area contributed by atoms with E-state index in [4.69, 9.17) is 4.74 Å². The van der Waals surface area contributed by atoms with Gasteiger partial charge in [0.15, 0.2) is 0 Å². The molecule has 112 valence electrons. The minimum absolute atomic E-state index is 0.599. The SMILES string of the molecule is CC(C)NCCCCCOc1ccc2c(c1)CCCC2. The van der Waals surface area contributed by atoms with Gasteiger partial charge in [0, 0.05) is 6.04 Å². The maximum atomic E-state index is 5.88. The van der Waals surface area contributed by atoms with Crippen molar-refractivity contribution in [3.05, 3.63) is 29.3 Å². The predicted molar refractivity (Wildman–Crippen MR) is 85.6 cm³/mol. The molecule has 0 amide bonds. The second-order valence-electron chi connectivity index (χ2n) is 6.16. The standard InChI is InChI=1S/C18H29NO/c1-15(2)19-12-6-3-7-13-20-18-11-10-16-8-4-5-9-17(16)14-18/h10-11,14-15,19H,3-9,12-13H2,1-2H3. The van der Waals surface area contributed by atoms with Crippen LogP contribution in [0.15, 0.2) is 18.2 Å². The fraction of sp³-hybridized carbons (Fsp3) is 0.667. The third-order valence-electron chi connectivity index (χ3n) is 3.96. The van der Waals surface area contributed by atoms with E-state index in [9.17, 15) is 0 Å². The van der Waals surface area contributed by atoms with Crippen LogP contribution < -0.4 is 10.1 Å². The number of benzene rings is 1. The number of nitrogens with one attached hydrogen (secondary N) is 1. The molecule has 0 aliphatic heterocycles. The van der Waals surface area contributed by atoms with Crippen molar-refractivity contribution >= 4 is 0 Å². The van der Waals surface area contributed by atoms with E-state index in [2.05, 4.69) is 37.4 Å². The maximum absolute atomic E-state index is 5.88. The van der Waals surface area contributed by atoms with Crippen molar-refractivity contribution in [2.75, 3.05) is 13.2 Å². The predicted octanol–water partition coefficient (Wildman–Crippen LogP) is 4.11. The van der Waals surface area contributed by atoms with Crippen LogP contribution in [0.25, 0.3) is 0 Å². The van der Waals surface area contributed by atoms with Crippen molar-refractivity contribution in [1.29, 1.82) is 0 Å². The van der Waals surface area contributed by atoms with E-state index in [1.54, 1.807) is 0 Å². The normalized spacial score (nSPS) is 14.3. The Balaban J connectivity index is 1.62. The summed E-state index contributed by atoms with van der Waals surface area (Å²) in [4.78, 5) is 0. The number of rotatable bonds is 8. The Hall–Kier alpha value is -1.02. The third kappa shape index (κ3) is 5.16. The Kier molecular flexibility index (Phi) is 6.38. The quantitative estimate of drug-likeness (QED) is 0.721. The van der Waals surface area contributed by atoms with Gasteiger partial charge in [-0.3, -0.25) is 0 Å². The highest BCUT2D eigenvalue weighted by molar-refractivity contribution is 5.37. The van der Waals surface area contributed by atoms with E-state index >= 15 is 0 Å². The summed E-state index contributed by atoms with van der Waals surface area (Å²) in [5.41, 5.74) is 3.04. The Morgan fingerprint density at radius 1 is 1.05 bits per heavy atom. The fourth-order valence-electron chi connectivity index (χ4n) is 2.78. The van der Waals surface area contributed by atoms with Crippen LogP contribution in [-0.2, 0) is 12.8 Å². The zero-order valence-corrected chi connectivity index (χ0v) is 13.1. The summed E-state index contributed by atoms with van der Waals surface area (Å²) >= 11 is 0. The van der Waals surface area contributed by atoms with E-state index < -0.39 is 0 Å². The number of unbranched alkanes of at least 4 members (excludes halogenated alkanes) is 2. The maximum Gasteiger partial charge on any atom is 0.119 e. The molecule has 0 unspecified atom stereocenters. The first-order valence-corrected chi connectivity index (χ1v) is 8.23. The molecule has 0 aromatic heterocycles. The van der Waals surface area contributed by atoms with Crippen LogP contribution in [0.1, 0.15) is 57.1 Å². The summed E-state index contributed by atoms with van der Waals surface area (Å²) in [6.07, 6.45) is 8.79. The molecule has 20 heavy (non-hydrogen) atoms. The molecular formula is C18H29NO.